The molecule has 9 heteroatoms. The number of aryl methyl sites for hydroxylation is 1. The number of carbonyl (C=O) groups is 2. The molecule has 0 saturated heterocycles. The van der Waals surface area contributed by atoms with Gasteiger partial charge in [0, 0.05) is 36.8 Å². The molecular formula is C38H48N4O4S. The molecule has 250 valence electrons. The predicted octanol–water partition coefficient (Wildman–Crippen LogP) is 8.54. The second-order valence-electron chi connectivity index (χ2n) is 14.3. The Morgan fingerprint density at radius 1 is 0.915 bits per heavy atom. The summed E-state index contributed by atoms with van der Waals surface area (Å²) in [6, 6.07) is 11.0. The molecule has 2 heterocycles. The molecule has 0 unspecified atom stereocenters. The summed E-state index contributed by atoms with van der Waals surface area (Å²) < 4.78 is 11.2. The highest BCUT2D eigenvalue weighted by molar-refractivity contribution is 7.15. The van der Waals surface area contributed by atoms with E-state index in [9.17, 15) is 9.59 Å². The minimum atomic E-state index is -0.305. The van der Waals surface area contributed by atoms with Crippen LogP contribution in [0.15, 0.2) is 42.7 Å². The summed E-state index contributed by atoms with van der Waals surface area (Å²) in [5.74, 6) is 3.30. The molecule has 0 aliphatic heterocycles. The number of amides is 2. The van der Waals surface area contributed by atoms with Gasteiger partial charge in [-0.15, -0.1) is 11.3 Å². The highest BCUT2D eigenvalue weighted by atomic mass is 32.1. The van der Waals surface area contributed by atoms with E-state index in [-0.39, 0.29) is 30.1 Å². The molecule has 0 spiro atoms. The number of pyridine rings is 1. The molecule has 4 saturated carbocycles. The lowest BCUT2D eigenvalue weighted by Crippen LogP contribution is -2.44. The van der Waals surface area contributed by atoms with Gasteiger partial charge in [-0.2, -0.15) is 0 Å². The first-order valence-corrected chi connectivity index (χ1v) is 18.6. The van der Waals surface area contributed by atoms with E-state index in [4.69, 9.17) is 19.4 Å². The van der Waals surface area contributed by atoms with Gasteiger partial charge < -0.3 is 14.8 Å². The first-order valence-electron chi connectivity index (χ1n) is 17.8. The van der Waals surface area contributed by atoms with Crippen molar-refractivity contribution in [3.63, 3.8) is 0 Å². The highest BCUT2D eigenvalue weighted by Crippen LogP contribution is 2.44. The van der Waals surface area contributed by atoms with E-state index in [0.717, 1.165) is 73.4 Å². The fraction of sp³-hybridized carbons (Fsp3) is 0.579. The van der Waals surface area contributed by atoms with Crippen LogP contribution in [0.2, 0.25) is 0 Å². The summed E-state index contributed by atoms with van der Waals surface area (Å²) in [7, 11) is 1.72. The smallest absolute Gasteiger partial charge is 0.407 e. The molecule has 1 aromatic carbocycles. The second-order valence-corrected chi connectivity index (χ2v) is 15.3. The number of anilines is 1. The number of alkyl carbamates (subject to hydrolysis) is 1. The van der Waals surface area contributed by atoms with Crippen LogP contribution in [0.1, 0.15) is 111 Å². The number of rotatable bonds is 10. The lowest BCUT2D eigenvalue weighted by atomic mass is 9.78. The van der Waals surface area contributed by atoms with Crippen molar-refractivity contribution in [3.05, 3.63) is 58.9 Å². The third-order valence-corrected chi connectivity index (χ3v) is 12.1. The average molecular weight is 657 g/mol. The van der Waals surface area contributed by atoms with Crippen molar-refractivity contribution in [2.75, 3.05) is 18.6 Å². The van der Waals surface area contributed by atoms with E-state index in [1.165, 1.54) is 35.4 Å². The van der Waals surface area contributed by atoms with Gasteiger partial charge in [0.25, 0.3) is 0 Å². The molecule has 7 rings (SSSR count). The van der Waals surface area contributed by atoms with E-state index in [1.807, 2.05) is 23.4 Å². The maximum atomic E-state index is 14.4. The quantitative estimate of drug-likeness (QED) is 0.235. The Labute approximate surface area is 282 Å². The molecule has 47 heavy (non-hydrogen) atoms. The minimum absolute atomic E-state index is 0.0986. The molecule has 2 amide bonds. The van der Waals surface area contributed by atoms with Gasteiger partial charge in [0.05, 0.1) is 17.0 Å². The van der Waals surface area contributed by atoms with Crippen LogP contribution in [0.5, 0.6) is 5.75 Å². The third kappa shape index (κ3) is 7.66. The van der Waals surface area contributed by atoms with Crippen molar-refractivity contribution >= 4 is 29.2 Å². The Bertz CT molecular complexity index is 1550. The summed E-state index contributed by atoms with van der Waals surface area (Å²) in [4.78, 5) is 39.3. The van der Waals surface area contributed by atoms with Gasteiger partial charge in [-0.25, -0.2) is 14.8 Å². The predicted molar refractivity (Wildman–Crippen MR) is 185 cm³/mol. The summed E-state index contributed by atoms with van der Waals surface area (Å²) in [6.45, 7) is 2.79. The minimum Gasteiger partial charge on any atom is -0.496 e. The first kappa shape index (κ1) is 32.1. The Balaban J connectivity index is 1.03. The Kier molecular flexibility index (Phi) is 9.80. The third-order valence-electron chi connectivity index (χ3n) is 10.9. The Morgan fingerprint density at radius 3 is 2.36 bits per heavy atom. The molecular weight excluding hydrogens is 609 g/mol. The van der Waals surface area contributed by atoms with E-state index in [1.54, 1.807) is 18.4 Å². The molecule has 0 radical (unpaired) electrons. The van der Waals surface area contributed by atoms with Crippen LogP contribution in [0, 0.1) is 18.8 Å². The second kappa shape index (κ2) is 14.3. The number of thiazole rings is 1. The van der Waals surface area contributed by atoms with Crippen LogP contribution >= 0.6 is 11.3 Å². The molecule has 8 nitrogen and oxygen atoms in total. The van der Waals surface area contributed by atoms with Gasteiger partial charge in [0.1, 0.15) is 17.7 Å². The van der Waals surface area contributed by atoms with Gasteiger partial charge in [-0.3, -0.25) is 9.69 Å². The van der Waals surface area contributed by atoms with E-state index in [0.29, 0.717) is 37.1 Å². The first-order chi connectivity index (χ1) is 22.9. The van der Waals surface area contributed by atoms with E-state index < -0.39 is 0 Å². The van der Waals surface area contributed by atoms with Crippen LogP contribution < -0.4 is 15.0 Å². The zero-order valence-corrected chi connectivity index (χ0v) is 28.6. The van der Waals surface area contributed by atoms with Crippen molar-refractivity contribution in [2.45, 2.75) is 114 Å². The molecule has 4 aliphatic carbocycles. The monoisotopic (exact) mass is 656 g/mol. The molecule has 0 atom stereocenters. The maximum Gasteiger partial charge on any atom is 0.407 e. The lowest BCUT2D eigenvalue weighted by Gasteiger charge is -2.36. The van der Waals surface area contributed by atoms with Gasteiger partial charge >= 0.3 is 6.09 Å². The maximum absolute atomic E-state index is 14.4. The molecule has 2 aromatic heterocycles. The topological polar surface area (TPSA) is 93.6 Å². The van der Waals surface area contributed by atoms with Crippen molar-refractivity contribution in [1.82, 2.24) is 15.3 Å². The summed E-state index contributed by atoms with van der Waals surface area (Å²) in [6.07, 6.45) is 16.4. The number of benzene rings is 1. The number of hydrogen-bond donors (Lipinski definition) is 1. The molecule has 4 aliphatic rings. The number of nitrogens with one attached hydrogen (secondary N) is 1. The largest absolute Gasteiger partial charge is 0.496 e. The lowest BCUT2D eigenvalue weighted by molar-refractivity contribution is -0.124. The van der Waals surface area contributed by atoms with Crippen LogP contribution in [-0.4, -0.2) is 47.8 Å². The summed E-state index contributed by atoms with van der Waals surface area (Å²) in [5.41, 5.74) is 3.64. The SMILES string of the molecule is COc1ccc(C2CCC(CN(C(=O)C3CCC(OC(=O)NC4CCC4)CC3)c3cc(-c4cnc(C5CC5)s4)ccn3)CC2)cc1C. The van der Waals surface area contributed by atoms with Crippen molar-refractivity contribution in [1.29, 1.82) is 0 Å². The average Bonchev–Trinajstić information content (AvgIpc) is 3.81. The van der Waals surface area contributed by atoms with Crippen molar-refractivity contribution in [3.8, 4) is 16.2 Å². The van der Waals surface area contributed by atoms with Crippen LogP contribution in [0.4, 0.5) is 10.6 Å². The molecule has 4 fully saturated rings. The van der Waals surface area contributed by atoms with Crippen LogP contribution in [0.25, 0.3) is 10.4 Å². The number of hydrogen-bond acceptors (Lipinski definition) is 7. The Morgan fingerprint density at radius 2 is 1.68 bits per heavy atom. The fourth-order valence-electron chi connectivity index (χ4n) is 7.60. The standard InChI is InChI=1S/C38H48N4O4S/c1-24-20-29(14-17-33(24)45-2)26-8-6-25(7-9-26)23-42(35-21-30(18-19-39-35)34-22-40-36(47-34)27-10-11-27)37(43)28-12-15-32(16-13-28)46-38(44)41-31-4-3-5-31/h14,17-22,25-28,31-32H,3-13,15-16,23H2,1-2H3,(H,41,44). The zero-order valence-electron chi connectivity index (χ0n) is 27.8. The number of nitrogens with zero attached hydrogens (tertiary/aromatic N) is 3. The van der Waals surface area contributed by atoms with Gasteiger partial charge in [-0.05, 0) is 137 Å². The fourth-order valence-corrected chi connectivity index (χ4v) is 8.68. The molecule has 1 N–H and O–H groups in total. The van der Waals surface area contributed by atoms with Crippen molar-refractivity contribution in [2.24, 2.45) is 11.8 Å². The number of aromatic nitrogens is 2. The number of carbonyl (C=O) groups excluding carboxylic acids is 2. The Hall–Kier alpha value is -3.46. The normalized spacial score (nSPS) is 24.6. The number of ether oxygens (including phenoxy) is 2. The van der Waals surface area contributed by atoms with Gasteiger partial charge in [0.15, 0.2) is 0 Å². The van der Waals surface area contributed by atoms with Crippen LogP contribution in [0.3, 0.4) is 0 Å². The highest BCUT2D eigenvalue weighted by Gasteiger charge is 2.35. The van der Waals surface area contributed by atoms with Crippen LogP contribution in [-0.2, 0) is 9.53 Å². The molecule has 3 aromatic rings. The zero-order chi connectivity index (χ0) is 32.3. The molecule has 0 bridgehead atoms. The van der Waals surface area contributed by atoms with Crippen molar-refractivity contribution < 1.29 is 19.1 Å². The van der Waals surface area contributed by atoms with Gasteiger partial charge in [-0.1, -0.05) is 12.1 Å². The van der Waals surface area contributed by atoms with E-state index >= 15 is 0 Å². The van der Waals surface area contributed by atoms with E-state index in [2.05, 4.69) is 36.5 Å². The summed E-state index contributed by atoms with van der Waals surface area (Å²) in [5, 5.41) is 4.20. The number of methoxy groups -OCH3 is 1. The van der Waals surface area contributed by atoms with Gasteiger partial charge in [0.2, 0.25) is 5.91 Å². The summed E-state index contributed by atoms with van der Waals surface area (Å²) >= 11 is 1.77.